The third kappa shape index (κ3) is 18.0. The second-order valence-electron chi connectivity index (χ2n) is 16.6. The standard InChI is InChI=1S/C55H80O15/c1-5-55-45-15-12-18-48(68-24-9-6-21-59-33-36-65-42-39-62-30-27-56-2)51(45)54(52-46(55)16-13-19-49(52)69-25-10-7-22-60-34-37-66-43-40-63-31-28-57-3)53-47(55)17-14-20-50(53)70-26-11-8-23-61-35-38-67-44-41-64-32-29-58-4/h1,12-20,54H,6-11,21-44H2,2-4H3. The van der Waals surface area contributed by atoms with Crippen LogP contribution in [0, 0.1) is 12.3 Å². The smallest absolute Gasteiger partial charge is 0.123 e. The van der Waals surface area contributed by atoms with Crippen molar-refractivity contribution in [2.45, 2.75) is 49.9 Å². The van der Waals surface area contributed by atoms with Gasteiger partial charge in [-0.05, 0) is 73.4 Å². The molecule has 70 heavy (non-hydrogen) atoms. The zero-order chi connectivity index (χ0) is 49.2. The van der Waals surface area contributed by atoms with Gasteiger partial charge in [-0.1, -0.05) is 42.3 Å². The van der Waals surface area contributed by atoms with Gasteiger partial charge in [-0.15, -0.1) is 6.42 Å². The molecule has 0 radical (unpaired) electrons. The minimum Gasteiger partial charge on any atom is -0.493 e. The Morgan fingerprint density at radius 3 is 0.843 bits per heavy atom. The van der Waals surface area contributed by atoms with E-state index in [1.165, 1.54) is 0 Å². The van der Waals surface area contributed by atoms with Crippen molar-refractivity contribution < 1.29 is 71.1 Å². The van der Waals surface area contributed by atoms with Crippen molar-refractivity contribution in [3.63, 3.8) is 0 Å². The first-order chi connectivity index (χ1) is 34.7. The van der Waals surface area contributed by atoms with Gasteiger partial charge in [0.15, 0.2) is 0 Å². The van der Waals surface area contributed by atoms with E-state index < -0.39 is 5.41 Å². The van der Waals surface area contributed by atoms with Crippen molar-refractivity contribution in [3.8, 4) is 29.6 Å². The summed E-state index contributed by atoms with van der Waals surface area (Å²) >= 11 is 0. The van der Waals surface area contributed by atoms with Crippen molar-refractivity contribution in [2.75, 3.05) is 180 Å². The Labute approximate surface area is 417 Å². The predicted octanol–water partition coefficient (Wildman–Crippen LogP) is 7.03. The summed E-state index contributed by atoms with van der Waals surface area (Å²) in [5.74, 6) is 5.52. The zero-order valence-corrected chi connectivity index (χ0v) is 42.2. The van der Waals surface area contributed by atoms with Crippen LogP contribution in [0.25, 0.3) is 0 Å². The van der Waals surface area contributed by atoms with Crippen molar-refractivity contribution in [1.82, 2.24) is 0 Å². The van der Waals surface area contributed by atoms with Crippen LogP contribution < -0.4 is 14.2 Å². The molecule has 0 heterocycles. The minimum absolute atomic E-state index is 0.241. The molecule has 3 aromatic carbocycles. The Balaban J connectivity index is 1.20. The van der Waals surface area contributed by atoms with Gasteiger partial charge in [0.25, 0.3) is 0 Å². The van der Waals surface area contributed by atoms with Crippen LogP contribution in [0.15, 0.2) is 54.6 Å². The maximum Gasteiger partial charge on any atom is 0.123 e. The van der Waals surface area contributed by atoms with Crippen LogP contribution in [0.5, 0.6) is 17.2 Å². The highest BCUT2D eigenvalue weighted by Crippen LogP contribution is 2.64. The summed E-state index contributed by atoms with van der Waals surface area (Å²) < 4.78 is 85.8. The van der Waals surface area contributed by atoms with Crippen molar-refractivity contribution in [1.29, 1.82) is 0 Å². The summed E-state index contributed by atoms with van der Waals surface area (Å²) in [5.41, 5.74) is 5.44. The third-order valence-electron chi connectivity index (χ3n) is 11.8. The Hall–Kier alpha value is -3.86. The zero-order valence-electron chi connectivity index (χ0n) is 42.2. The van der Waals surface area contributed by atoms with E-state index in [-0.39, 0.29) is 5.92 Å². The molecule has 0 spiro atoms. The number of benzene rings is 3. The maximum absolute atomic E-state index is 6.79. The molecular weight excluding hydrogens is 901 g/mol. The fraction of sp³-hybridized carbons (Fsp3) is 0.636. The van der Waals surface area contributed by atoms with Gasteiger partial charge >= 0.3 is 0 Å². The van der Waals surface area contributed by atoms with Crippen LogP contribution in [0.2, 0.25) is 0 Å². The average molecular weight is 981 g/mol. The molecule has 390 valence electrons. The molecule has 0 amide bonds. The number of rotatable bonds is 45. The minimum atomic E-state index is -0.892. The number of unbranched alkanes of at least 4 members (excludes halogenated alkanes) is 3. The Kier molecular flexibility index (Phi) is 28.8. The van der Waals surface area contributed by atoms with E-state index >= 15 is 0 Å². The summed E-state index contributed by atoms with van der Waals surface area (Å²) in [5, 5.41) is 0. The lowest BCUT2D eigenvalue weighted by Gasteiger charge is -2.49. The van der Waals surface area contributed by atoms with Crippen molar-refractivity contribution >= 4 is 0 Å². The number of terminal acetylenes is 1. The van der Waals surface area contributed by atoms with E-state index in [4.69, 9.17) is 77.5 Å². The van der Waals surface area contributed by atoms with Gasteiger partial charge in [-0.3, -0.25) is 0 Å². The molecule has 6 rings (SSSR count). The predicted molar refractivity (Wildman–Crippen MR) is 266 cm³/mol. The van der Waals surface area contributed by atoms with Crippen LogP contribution >= 0.6 is 0 Å². The van der Waals surface area contributed by atoms with Crippen molar-refractivity contribution in [3.05, 3.63) is 88.0 Å². The first-order valence-electron chi connectivity index (χ1n) is 25.2. The van der Waals surface area contributed by atoms with Gasteiger partial charge in [0, 0.05) is 63.8 Å². The summed E-state index contributed by atoms with van der Waals surface area (Å²) in [7, 11) is 4.97. The van der Waals surface area contributed by atoms with Crippen LogP contribution in [-0.4, -0.2) is 180 Å². The number of ether oxygens (including phenoxy) is 15. The quantitative estimate of drug-likeness (QED) is 0.0423. The first-order valence-corrected chi connectivity index (χ1v) is 25.2. The highest BCUT2D eigenvalue weighted by atomic mass is 16.6. The third-order valence-corrected chi connectivity index (χ3v) is 11.8. The Morgan fingerprint density at radius 1 is 0.343 bits per heavy atom. The molecule has 0 aliphatic heterocycles. The van der Waals surface area contributed by atoms with E-state index in [9.17, 15) is 0 Å². The maximum atomic E-state index is 6.79. The topological polar surface area (TPSA) is 138 Å². The molecule has 0 aromatic heterocycles. The second kappa shape index (κ2) is 35.3. The van der Waals surface area contributed by atoms with Crippen LogP contribution in [0.1, 0.15) is 77.8 Å². The van der Waals surface area contributed by atoms with Crippen LogP contribution in [-0.2, 0) is 62.3 Å². The largest absolute Gasteiger partial charge is 0.493 e. The number of hydrogen-bond acceptors (Lipinski definition) is 15. The molecule has 0 N–H and O–H groups in total. The fourth-order valence-electron chi connectivity index (χ4n) is 8.50. The van der Waals surface area contributed by atoms with E-state index in [2.05, 4.69) is 60.5 Å². The molecule has 15 heteroatoms. The van der Waals surface area contributed by atoms with Crippen molar-refractivity contribution in [2.24, 2.45) is 0 Å². The molecular formula is C55H80O15. The Morgan fingerprint density at radius 2 is 0.586 bits per heavy atom. The van der Waals surface area contributed by atoms with E-state index in [0.717, 1.165) is 89.2 Å². The van der Waals surface area contributed by atoms with Gasteiger partial charge in [-0.2, -0.15) is 0 Å². The summed E-state index contributed by atoms with van der Waals surface area (Å²) in [6, 6.07) is 18.8. The monoisotopic (exact) mass is 981 g/mol. The van der Waals surface area contributed by atoms with Gasteiger partial charge in [-0.25, -0.2) is 0 Å². The summed E-state index contributed by atoms with van der Waals surface area (Å²) in [6.07, 6.45) is 11.8. The molecule has 3 aromatic rings. The van der Waals surface area contributed by atoms with Gasteiger partial charge in [0.2, 0.25) is 0 Å². The van der Waals surface area contributed by atoms with Gasteiger partial charge in [0.05, 0.1) is 139 Å². The van der Waals surface area contributed by atoms with Gasteiger partial charge in [0.1, 0.15) is 22.7 Å². The lowest BCUT2D eigenvalue weighted by atomic mass is 9.53. The fourth-order valence-corrected chi connectivity index (χ4v) is 8.50. The molecule has 0 atom stereocenters. The van der Waals surface area contributed by atoms with Crippen LogP contribution in [0.3, 0.4) is 0 Å². The molecule has 0 unspecified atom stereocenters. The molecule has 15 nitrogen and oxygen atoms in total. The highest BCUT2D eigenvalue weighted by Gasteiger charge is 2.54. The molecule has 3 aliphatic carbocycles. The lowest BCUT2D eigenvalue weighted by molar-refractivity contribution is 0.00304. The van der Waals surface area contributed by atoms with Gasteiger partial charge < -0.3 is 71.1 Å². The average Bonchev–Trinajstić information content (AvgIpc) is 3.38. The van der Waals surface area contributed by atoms with E-state index in [1.807, 2.05) is 0 Å². The number of methoxy groups -OCH3 is 3. The Bertz CT molecular complexity index is 1680. The normalized spacial score (nSPS) is 15.4. The first kappa shape index (κ1) is 57.0. The lowest BCUT2D eigenvalue weighted by Crippen LogP contribution is -2.42. The summed E-state index contributed by atoms with van der Waals surface area (Å²) in [6.45, 7) is 13.2. The second-order valence-corrected chi connectivity index (χ2v) is 16.6. The van der Waals surface area contributed by atoms with E-state index in [1.54, 1.807) is 21.3 Å². The molecule has 3 aliphatic rings. The molecule has 2 bridgehead atoms. The molecule has 0 saturated heterocycles. The molecule has 0 fully saturated rings. The van der Waals surface area contributed by atoms with Crippen LogP contribution in [0.4, 0.5) is 0 Å². The summed E-state index contributed by atoms with van der Waals surface area (Å²) in [4.78, 5) is 0. The number of hydrogen-bond donors (Lipinski definition) is 0. The molecule has 0 saturated carbocycles. The highest BCUT2D eigenvalue weighted by molar-refractivity contribution is 5.80. The SMILES string of the molecule is C#CC12c3cccc(OCCCCOCCOCCOCCOC)c3C(c3c(OCCCCOCCOCCOCCOC)cccc31)c1c(OCCCCOCCOCCOCCOC)cccc12. The van der Waals surface area contributed by atoms with E-state index in [0.29, 0.717) is 159 Å².